The van der Waals surface area contributed by atoms with E-state index in [2.05, 4.69) is 45.6 Å². The topological polar surface area (TPSA) is 43.4 Å². The van der Waals surface area contributed by atoms with E-state index in [-0.39, 0.29) is 0 Å². The fourth-order valence-electron chi connectivity index (χ4n) is 2.96. The third kappa shape index (κ3) is 3.22. The summed E-state index contributed by atoms with van der Waals surface area (Å²) >= 11 is 0. The van der Waals surface area contributed by atoms with E-state index >= 15 is 0 Å². The molecule has 2 fully saturated rings. The smallest absolute Gasteiger partial charge is 0.131 e. The summed E-state index contributed by atoms with van der Waals surface area (Å²) in [5.41, 5.74) is 0. The highest BCUT2D eigenvalue weighted by atomic mass is 15.3. The Morgan fingerprint density at radius 3 is 2.85 bits per heavy atom. The summed E-state index contributed by atoms with van der Waals surface area (Å²) in [5, 5.41) is 6.91. The van der Waals surface area contributed by atoms with Gasteiger partial charge in [0.25, 0.3) is 0 Å². The van der Waals surface area contributed by atoms with Crippen LogP contribution in [0.5, 0.6) is 0 Å². The molecule has 2 saturated heterocycles. The number of likely N-dealkylation sites (N-methyl/N-ethyl adjacent to an activating group) is 1. The molecule has 20 heavy (non-hydrogen) atoms. The van der Waals surface area contributed by atoms with Crippen LogP contribution in [0.1, 0.15) is 13.3 Å². The number of nitrogens with zero attached hydrogens (tertiary/aromatic N) is 3. The molecule has 0 unspecified atom stereocenters. The Labute approximate surface area is 121 Å². The van der Waals surface area contributed by atoms with E-state index < -0.39 is 0 Å². The molecule has 2 aliphatic rings. The second-order valence-corrected chi connectivity index (χ2v) is 5.64. The largest absolute Gasteiger partial charge is 0.366 e. The average molecular weight is 275 g/mol. The zero-order valence-electron chi connectivity index (χ0n) is 12.3. The highest BCUT2D eigenvalue weighted by Gasteiger charge is 2.18. The van der Waals surface area contributed by atoms with E-state index in [0.29, 0.717) is 6.04 Å². The summed E-state index contributed by atoms with van der Waals surface area (Å²) < 4.78 is 0. The number of piperazine rings is 1. The van der Waals surface area contributed by atoms with Gasteiger partial charge in [-0.2, -0.15) is 0 Å². The maximum Gasteiger partial charge on any atom is 0.131 e. The van der Waals surface area contributed by atoms with Crippen molar-refractivity contribution in [1.29, 1.82) is 0 Å². The van der Waals surface area contributed by atoms with Crippen molar-refractivity contribution in [3.63, 3.8) is 0 Å². The van der Waals surface area contributed by atoms with Gasteiger partial charge in [0.15, 0.2) is 0 Å². The molecule has 0 aliphatic carbocycles. The van der Waals surface area contributed by atoms with Crippen LogP contribution in [0.3, 0.4) is 0 Å². The minimum atomic E-state index is 0.523. The van der Waals surface area contributed by atoms with E-state index in [4.69, 9.17) is 4.98 Å². The van der Waals surface area contributed by atoms with E-state index in [0.717, 1.165) is 57.4 Å². The molecule has 2 aliphatic heterocycles. The first kappa shape index (κ1) is 13.6. The third-order valence-corrected chi connectivity index (χ3v) is 4.29. The lowest BCUT2D eigenvalue weighted by molar-refractivity contribution is 0.270. The zero-order valence-corrected chi connectivity index (χ0v) is 12.3. The average Bonchev–Trinajstić information content (AvgIpc) is 3.01. The summed E-state index contributed by atoms with van der Waals surface area (Å²) in [6.45, 7) is 9.97. The van der Waals surface area contributed by atoms with Crippen molar-refractivity contribution in [3.8, 4) is 0 Å². The van der Waals surface area contributed by atoms with Gasteiger partial charge in [0.05, 0.1) is 0 Å². The van der Waals surface area contributed by atoms with Gasteiger partial charge >= 0.3 is 0 Å². The molecule has 1 aromatic rings. The lowest BCUT2D eigenvalue weighted by Gasteiger charge is -2.34. The monoisotopic (exact) mass is 275 g/mol. The van der Waals surface area contributed by atoms with Crippen LogP contribution in [-0.2, 0) is 0 Å². The molecule has 0 amide bonds. The molecule has 0 saturated carbocycles. The van der Waals surface area contributed by atoms with Crippen LogP contribution in [0.15, 0.2) is 18.2 Å². The summed E-state index contributed by atoms with van der Waals surface area (Å²) in [7, 11) is 0. The predicted molar refractivity (Wildman–Crippen MR) is 83.5 cm³/mol. The molecule has 5 nitrogen and oxygen atoms in total. The molecule has 110 valence electrons. The molecule has 1 atom stereocenters. The minimum Gasteiger partial charge on any atom is -0.366 e. The van der Waals surface area contributed by atoms with Crippen LogP contribution in [0.25, 0.3) is 0 Å². The molecule has 5 heteroatoms. The summed E-state index contributed by atoms with van der Waals surface area (Å²) in [5.74, 6) is 2.12. The molecule has 3 heterocycles. The SMILES string of the molecule is CCN1CCN(c2cccc(N[C@H]3CCNC3)n2)CC1. The first-order chi connectivity index (χ1) is 9.85. The second kappa shape index (κ2) is 6.41. The van der Waals surface area contributed by atoms with Crippen LogP contribution in [0.2, 0.25) is 0 Å². The predicted octanol–water partition coefficient (Wildman–Crippen LogP) is 0.997. The van der Waals surface area contributed by atoms with Gasteiger partial charge in [-0.05, 0) is 31.6 Å². The van der Waals surface area contributed by atoms with Crippen LogP contribution in [0, 0.1) is 0 Å². The Bertz CT molecular complexity index is 422. The highest BCUT2D eigenvalue weighted by Crippen LogP contribution is 2.17. The van der Waals surface area contributed by atoms with Gasteiger partial charge in [-0.1, -0.05) is 13.0 Å². The molecular formula is C15H25N5. The quantitative estimate of drug-likeness (QED) is 0.858. The molecule has 1 aromatic heterocycles. The van der Waals surface area contributed by atoms with Gasteiger partial charge < -0.3 is 20.4 Å². The van der Waals surface area contributed by atoms with E-state index in [1.165, 1.54) is 6.42 Å². The van der Waals surface area contributed by atoms with Crippen molar-refractivity contribution < 1.29 is 0 Å². The van der Waals surface area contributed by atoms with E-state index in [9.17, 15) is 0 Å². The molecule has 3 rings (SSSR count). The third-order valence-electron chi connectivity index (χ3n) is 4.29. The Morgan fingerprint density at radius 2 is 2.15 bits per heavy atom. The molecule has 2 N–H and O–H groups in total. The first-order valence-electron chi connectivity index (χ1n) is 7.77. The second-order valence-electron chi connectivity index (χ2n) is 5.64. The number of hydrogen-bond acceptors (Lipinski definition) is 5. The van der Waals surface area contributed by atoms with Gasteiger partial charge in [-0.15, -0.1) is 0 Å². The van der Waals surface area contributed by atoms with Gasteiger partial charge in [0, 0.05) is 38.8 Å². The summed E-state index contributed by atoms with van der Waals surface area (Å²) in [6.07, 6.45) is 1.18. The van der Waals surface area contributed by atoms with E-state index in [1.54, 1.807) is 0 Å². The van der Waals surface area contributed by atoms with Gasteiger partial charge in [-0.3, -0.25) is 0 Å². The van der Waals surface area contributed by atoms with Crippen LogP contribution >= 0.6 is 0 Å². The van der Waals surface area contributed by atoms with Crippen LogP contribution in [-0.4, -0.2) is 61.7 Å². The number of rotatable bonds is 4. The van der Waals surface area contributed by atoms with Crippen LogP contribution in [0.4, 0.5) is 11.6 Å². The minimum absolute atomic E-state index is 0.523. The van der Waals surface area contributed by atoms with Gasteiger partial charge in [0.1, 0.15) is 11.6 Å². The molecular weight excluding hydrogens is 250 g/mol. The fourth-order valence-corrected chi connectivity index (χ4v) is 2.96. The number of anilines is 2. The van der Waals surface area contributed by atoms with E-state index in [1.807, 2.05) is 0 Å². The molecule has 0 bridgehead atoms. The number of hydrogen-bond donors (Lipinski definition) is 2. The van der Waals surface area contributed by atoms with Crippen molar-refractivity contribution in [2.75, 3.05) is 56.0 Å². The van der Waals surface area contributed by atoms with Crippen LogP contribution < -0.4 is 15.5 Å². The van der Waals surface area contributed by atoms with Crippen molar-refractivity contribution in [1.82, 2.24) is 15.2 Å². The number of aromatic nitrogens is 1. The molecule has 0 spiro atoms. The number of pyridine rings is 1. The Kier molecular flexibility index (Phi) is 4.38. The lowest BCUT2D eigenvalue weighted by Crippen LogP contribution is -2.46. The normalized spacial score (nSPS) is 24.1. The summed E-state index contributed by atoms with van der Waals surface area (Å²) in [4.78, 5) is 9.66. The molecule has 0 radical (unpaired) electrons. The van der Waals surface area contributed by atoms with Gasteiger partial charge in [0.2, 0.25) is 0 Å². The Hall–Kier alpha value is -1.33. The Balaban J connectivity index is 1.62. The van der Waals surface area contributed by atoms with Crippen molar-refractivity contribution in [2.24, 2.45) is 0 Å². The molecule has 0 aromatic carbocycles. The summed E-state index contributed by atoms with van der Waals surface area (Å²) in [6, 6.07) is 6.83. The van der Waals surface area contributed by atoms with Crippen molar-refractivity contribution in [3.05, 3.63) is 18.2 Å². The Morgan fingerprint density at radius 1 is 1.30 bits per heavy atom. The standard InChI is InChI=1S/C15H25N5/c1-2-19-8-10-20(11-9-19)15-5-3-4-14(18-15)17-13-6-7-16-12-13/h3-5,13,16H,2,6-12H2,1H3,(H,17,18)/t13-/m0/s1. The maximum absolute atomic E-state index is 4.78. The van der Waals surface area contributed by atoms with Crippen molar-refractivity contribution in [2.45, 2.75) is 19.4 Å². The zero-order chi connectivity index (χ0) is 13.8. The number of nitrogens with one attached hydrogen (secondary N) is 2. The first-order valence-corrected chi connectivity index (χ1v) is 7.77. The maximum atomic E-state index is 4.78. The highest BCUT2D eigenvalue weighted by molar-refractivity contribution is 5.48. The van der Waals surface area contributed by atoms with Gasteiger partial charge in [-0.25, -0.2) is 4.98 Å². The fraction of sp³-hybridized carbons (Fsp3) is 0.667. The van der Waals surface area contributed by atoms with Crippen molar-refractivity contribution >= 4 is 11.6 Å². The lowest BCUT2D eigenvalue weighted by atomic mass is 10.2.